The zero-order valence-electron chi connectivity index (χ0n) is 7.07. The first-order valence-electron chi connectivity index (χ1n) is 3.69. The van der Waals surface area contributed by atoms with Gasteiger partial charge in [-0.05, 0) is 18.2 Å². The lowest BCUT2D eigenvalue weighted by Crippen LogP contribution is -2.19. The predicted octanol–water partition coefficient (Wildman–Crippen LogP) is 0.564. The molecule has 0 aliphatic rings. The number of aromatic hydroxyl groups is 1. The van der Waals surface area contributed by atoms with E-state index in [1.54, 1.807) is 0 Å². The van der Waals surface area contributed by atoms with Crippen LogP contribution in [0.4, 0.5) is 0 Å². The predicted molar refractivity (Wildman–Crippen MR) is 46.9 cm³/mol. The lowest BCUT2D eigenvalue weighted by Gasteiger charge is -2.02. The Morgan fingerprint density at radius 2 is 2.23 bits per heavy atom. The average molecular weight is 179 g/mol. The molecule has 0 heterocycles. The van der Waals surface area contributed by atoms with Crippen LogP contribution in [0, 0.1) is 0 Å². The Morgan fingerprint density at radius 3 is 2.77 bits per heavy atom. The van der Waals surface area contributed by atoms with Crippen LogP contribution in [0.25, 0.3) is 0 Å². The summed E-state index contributed by atoms with van der Waals surface area (Å²) in [5.41, 5.74) is 0.439. The van der Waals surface area contributed by atoms with Gasteiger partial charge in [-0.2, -0.15) is 0 Å². The van der Waals surface area contributed by atoms with E-state index in [1.165, 1.54) is 25.2 Å². The van der Waals surface area contributed by atoms with Crippen LogP contribution in [-0.4, -0.2) is 24.3 Å². The van der Waals surface area contributed by atoms with Gasteiger partial charge in [-0.3, -0.25) is 9.59 Å². The third kappa shape index (κ3) is 1.84. The Kier molecular flexibility index (Phi) is 2.64. The van der Waals surface area contributed by atoms with Gasteiger partial charge in [-0.15, -0.1) is 0 Å². The highest BCUT2D eigenvalue weighted by atomic mass is 16.3. The van der Waals surface area contributed by atoms with Crippen LogP contribution in [0.2, 0.25) is 0 Å². The summed E-state index contributed by atoms with van der Waals surface area (Å²) in [5.74, 6) is -0.378. The van der Waals surface area contributed by atoms with E-state index in [9.17, 15) is 9.59 Å². The van der Waals surface area contributed by atoms with Crippen LogP contribution in [0.5, 0.6) is 5.75 Å². The fourth-order valence-corrected chi connectivity index (χ4v) is 0.989. The lowest BCUT2D eigenvalue weighted by atomic mass is 10.1. The number of phenols is 1. The Hall–Kier alpha value is -1.84. The number of benzene rings is 1. The molecule has 0 aliphatic carbocycles. The summed E-state index contributed by atoms with van der Waals surface area (Å²) in [7, 11) is 1.48. The van der Waals surface area contributed by atoms with Crippen LogP contribution in [0.3, 0.4) is 0 Å². The standard InChI is InChI=1S/C9H9NO3/c1-10-9(13)8-3-2-7(12)4-6(8)5-11/h2-5,12H,1H3,(H,10,13). The number of hydrogen-bond donors (Lipinski definition) is 2. The van der Waals surface area contributed by atoms with Crippen molar-refractivity contribution in [2.24, 2.45) is 0 Å². The van der Waals surface area contributed by atoms with Gasteiger partial charge in [0.2, 0.25) is 0 Å². The number of amides is 1. The van der Waals surface area contributed by atoms with Crippen LogP contribution < -0.4 is 5.32 Å². The smallest absolute Gasteiger partial charge is 0.251 e. The monoisotopic (exact) mass is 179 g/mol. The first-order valence-corrected chi connectivity index (χ1v) is 3.69. The molecule has 0 radical (unpaired) electrons. The molecule has 0 saturated carbocycles. The van der Waals surface area contributed by atoms with Gasteiger partial charge in [-0.25, -0.2) is 0 Å². The van der Waals surface area contributed by atoms with E-state index in [0.717, 1.165) is 0 Å². The molecule has 0 fully saturated rings. The van der Waals surface area contributed by atoms with Crippen LogP contribution in [0.15, 0.2) is 18.2 Å². The van der Waals surface area contributed by atoms with Crippen molar-refractivity contribution in [1.82, 2.24) is 5.32 Å². The molecule has 13 heavy (non-hydrogen) atoms. The highest BCUT2D eigenvalue weighted by Crippen LogP contribution is 2.14. The summed E-state index contributed by atoms with van der Waals surface area (Å²) in [6, 6.07) is 4.01. The maximum atomic E-state index is 11.2. The third-order valence-corrected chi connectivity index (χ3v) is 1.63. The van der Waals surface area contributed by atoms with Crippen LogP contribution in [0.1, 0.15) is 20.7 Å². The minimum Gasteiger partial charge on any atom is -0.508 e. The summed E-state index contributed by atoms with van der Waals surface area (Å²) in [5, 5.41) is 11.4. The first-order chi connectivity index (χ1) is 6.19. The molecule has 0 atom stereocenters. The molecule has 0 saturated heterocycles. The maximum Gasteiger partial charge on any atom is 0.251 e. The Bertz CT molecular complexity index is 347. The Labute approximate surface area is 75.2 Å². The topological polar surface area (TPSA) is 66.4 Å². The second-order valence-corrected chi connectivity index (χ2v) is 2.47. The van der Waals surface area contributed by atoms with Crippen molar-refractivity contribution in [3.05, 3.63) is 29.3 Å². The Morgan fingerprint density at radius 1 is 1.54 bits per heavy atom. The summed E-state index contributed by atoms with van der Waals surface area (Å²) < 4.78 is 0. The summed E-state index contributed by atoms with van der Waals surface area (Å²) in [4.78, 5) is 21.7. The zero-order valence-corrected chi connectivity index (χ0v) is 7.07. The molecule has 0 bridgehead atoms. The van der Waals surface area contributed by atoms with E-state index in [0.29, 0.717) is 6.29 Å². The quantitative estimate of drug-likeness (QED) is 0.652. The number of carbonyl (C=O) groups is 2. The molecule has 4 heteroatoms. The minimum atomic E-state index is -0.345. The molecule has 0 aliphatic heterocycles. The largest absolute Gasteiger partial charge is 0.508 e. The van der Waals surface area contributed by atoms with E-state index in [1.807, 2.05) is 0 Å². The number of nitrogens with one attached hydrogen (secondary N) is 1. The summed E-state index contributed by atoms with van der Waals surface area (Å²) in [6.07, 6.45) is 0.532. The second kappa shape index (κ2) is 3.71. The molecule has 0 unspecified atom stereocenters. The molecule has 1 rings (SSSR count). The van der Waals surface area contributed by atoms with Crippen molar-refractivity contribution in [2.75, 3.05) is 7.05 Å². The molecule has 1 amide bonds. The van der Waals surface area contributed by atoms with Gasteiger partial charge in [0.05, 0.1) is 5.56 Å². The van der Waals surface area contributed by atoms with E-state index in [-0.39, 0.29) is 22.8 Å². The highest BCUT2D eigenvalue weighted by Gasteiger charge is 2.09. The van der Waals surface area contributed by atoms with Crippen molar-refractivity contribution in [3.63, 3.8) is 0 Å². The molecular weight excluding hydrogens is 170 g/mol. The maximum absolute atomic E-state index is 11.2. The van der Waals surface area contributed by atoms with Gasteiger partial charge in [0, 0.05) is 12.6 Å². The van der Waals surface area contributed by atoms with E-state index >= 15 is 0 Å². The first kappa shape index (κ1) is 9.25. The van der Waals surface area contributed by atoms with Gasteiger partial charge < -0.3 is 10.4 Å². The van der Waals surface area contributed by atoms with Crippen molar-refractivity contribution in [3.8, 4) is 5.75 Å². The van der Waals surface area contributed by atoms with Gasteiger partial charge in [0.25, 0.3) is 5.91 Å². The van der Waals surface area contributed by atoms with Crippen molar-refractivity contribution in [1.29, 1.82) is 0 Å². The van der Waals surface area contributed by atoms with Gasteiger partial charge in [0.15, 0.2) is 6.29 Å². The fourth-order valence-electron chi connectivity index (χ4n) is 0.989. The van der Waals surface area contributed by atoms with Gasteiger partial charge in [0.1, 0.15) is 5.75 Å². The molecule has 4 nitrogen and oxygen atoms in total. The molecule has 1 aromatic carbocycles. The van der Waals surface area contributed by atoms with Gasteiger partial charge >= 0.3 is 0 Å². The zero-order chi connectivity index (χ0) is 9.84. The minimum absolute atomic E-state index is 0.0326. The molecule has 0 spiro atoms. The molecule has 1 aromatic rings. The number of phenolic OH excluding ortho intramolecular Hbond substituents is 1. The number of aldehydes is 1. The number of carbonyl (C=O) groups excluding carboxylic acids is 2. The van der Waals surface area contributed by atoms with Crippen molar-refractivity contribution >= 4 is 12.2 Å². The summed E-state index contributed by atoms with van der Waals surface area (Å²) >= 11 is 0. The van der Waals surface area contributed by atoms with E-state index in [4.69, 9.17) is 5.11 Å². The molecule has 68 valence electrons. The van der Waals surface area contributed by atoms with Crippen molar-refractivity contribution < 1.29 is 14.7 Å². The average Bonchev–Trinajstić information content (AvgIpc) is 2.16. The Balaban J connectivity index is 3.20. The SMILES string of the molecule is CNC(=O)c1ccc(O)cc1C=O. The third-order valence-electron chi connectivity index (χ3n) is 1.63. The molecular formula is C9H9NO3. The number of rotatable bonds is 2. The normalized spacial score (nSPS) is 9.31. The lowest BCUT2D eigenvalue weighted by molar-refractivity contribution is 0.0957. The number of hydrogen-bond acceptors (Lipinski definition) is 3. The van der Waals surface area contributed by atoms with E-state index in [2.05, 4.69) is 5.32 Å². The second-order valence-electron chi connectivity index (χ2n) is 2.47. The van der Waals surface area contributed by atoms with E-state index < -0.39 is 0 Å². The fraction of sp³-hybridized carbons (Fsp3) is 0.111. The van der Waals surface area contributed by atoms with Crippen LogP contribution >= 0.6 is 0 Å². The van der Waals surface area contributed by atoms with Gasteiger partial charge in [-0.1, -0.05) is 0 Å². The van der Waals surface area contributed by atoms with Crippen LogP contribution in [-0.2, 0) is 0 Å². The highest BCUT2D eigenvalue weighted by molar-refractivity contribution is 6.01. The molecule has 0 aromatic heterocycles. The van der Waals surface area contributed by atoms with Crippen molar-refractivity contribution in [2.45, 2.75) is 0 Å². The summed E-state index contributed by atoms with van der Waals surface area (Å²) in [6.45, 7) is 0. The molecule has 2 N–H and O–H groups in total.